The predicted octanol–water partition coefficient (Wildman–Crippen LogP) is 0.978. The van der Waals surface area contributed by atoms with Gasteiger partial charge in [-0.25, -0.2) is 4.39 Å². The molecule has 1 atom stereocenters. The monoisotopic (exact) mass is 183 g/mol. The minimum atomic E-state index is -0.904. The second-order valence-electron chi connectivity index (χ2n) is 2.77. The van der Waals surface area contributed by atoms with E-state index >= 15 is 0 Å². The van der Waals surface area contributed by atoms with E-state index in [0.29, 0.717) is 0 Å². The van der Waals surface area contributed by atoms with Crippen LogP contribution < -0.4 is 5.73 Å². The maximum absolute atomic E-state index is 12.7. The lowest BCUT2D eigenvalue weighted by Crippen LogP contribution is -2.15. The van der Waals surface area contributed by atoms with Crippen LogP contribution in [0.3, 0.4) is 0 Å². The van der Waals surface area contributed by atoms with Crippen molar-refractivity contribution < 1.29 is 14.3 Å². The third-order valence-electron chi connectivity index (χ3n) is 1.73. The molecule has 1 amide bonds. The van der Waals surface area contributed by atoms with Gasteiger partial charge >= 0.3 is 0 Å². The van der Waals surface area contributed by atoms with Crippen molar-refractivity contribution in [2.75, 3.05) is 0 Å². The van der Waals surface area contributed by atoms with Crippen LogP contribution in [-0.2, 0) is 0 Å². The summed E-state index contributed by atoms with van der Waals surface area (Å²) in [6.07, 6.45) is -0.904. The van der Waals surface area contributed by atoms with Crippen molar-refractivity contribution in [3.05, 3.63) is 35.1 Å². The van der Waals surface area contributed by atoms with Crippen molar-refractivity contribution in [1.82, 2.24) is 0 Å². The van der Waals surface area contributed by atoms with Crippen molar-refractivity contribution in [2.45, 2.75) is 13.0 Å². The molecule has 3 N–H and O–H groups in total. The highest BCUT2D eigenvalue weighted by Crippen LogP contribution is 2.18. The van der Waals surface area contributed by atoms with Crippen molar-refractivity contribution >= 4 is 5.91 Å². The molecule has 1 aromatic rings. The maximum Gasteiger partial charge on any atom is 0.249 e. The van der Waals surface area contributed by atoms with Gasteiger partial charge < -0.3 is 10.8 Å². The number of rotatable bonds is 2. The zero-order valence-electron chi connectivity index (χ0n) is 7.12. The number of halogens is 1. The SMILES string of the molecule is C[C@H](O)c1cc(F)ccc1C(N)=O. The molecule has 0 bridgehead atoms. The molecule has 0 aliphatic carbocycles. The molecular formula is C9H10FNO2. The van der Waals surface area contributed by atoms with E-state index < -0.39 is 17.8 Å². The highest BCUT2D eigenvalue weighted by Gasteiger charge is 2.12. The van der Waals surface area contributed by atoms with E-state index in [1.165, 1.54) is 13.0 Å². The van der Waals surface area contributed by atoms with E-state index in [2.05, 4.69) is 0 Å². The van der Waals surface area contributed by atoms with Gasteiger partial charge in [-0.15, -0.1) is 0 Å². The summed E-state index contributed by atoms with van der Waals surface area (Å²) in [4.78, 5) is 10.8. The quantitative estimate of drug-likeness (QED) is 0.717. The summed E-state index contributed by atoms with van der Waals surface area (Å²) < 4.78 is 12.7. The van der Waals surface area contributed by atoms with Crippen LogP contribution in [0.1, 0.15) is 28.9 Å². The van der Waals surface area contributed by atoms with Crippen LogP contribution in [0.15, 0.2) is 18.2 Å². The first kappa shape index (κ1) is 9.67. The molecule has 0 saturated carbocycles. The second kappa shape index (κ2) is 3.53. The highest BCUT2D eigenvalue weighted by atomic mass is 19.1. The number of nitrogens with two attached hydrogens (primary N) is 1. The van der Waals surface area contributed by atoms with Crippen LogP contribution in [0.25, 0.3) is 0 Å². The van der Waals surface area contributed by atoms with Crippen molar-refractivity contribution in [3.8, 4) is 0 Å². The largest absolute Gasteiger partial charge is 0.389 e. The molecule has 1 rings (SSSR count). The van der Waals surface area contributed by atoms with E-state index in [9.17, 15) is 14.3 Å². The number of carbonyl (C=O) groups excluding carboxylic acids is 1. The minimum Gasteiger partial charge on any atom is -0.389 e. The van der Waals surface area contributed by atoms with Crippen LogP contribution in [0.5, 0.6) is 0 Å². The molecule has 0 aromatic heterocycles. The molecule has 0 radical (unpaired) electrons. The van der Waals surface area contributed by atoms with Crippen LogP contribution in [-0.4, -0.2) is 11.0 Å². The zero-order valence-corrected chi connectivity index (χ0v) is 7.12. The fraction of sp³-hybridized carbons (Fsp3) is 0.222. The predicted molar refractivity (Wildman–Crippen MR) is 45.6 cm³/mol. The molecule has 0 saturated heterocycles. The summed E-state index contributed by atoms with van der Waals surface area (Å²) in [6, 6.07) is 3.50. The van der Waals surface area contributed by atoms with Gasteiger partial charge in [0.05, 0.1) is 6.10 Å². The van der Waals surface area contributed by atoms with Crippen LogP contribution in [0, 0.1) is 5.82 Å². The lowest BCUT2D eigenvalue weighted by atomic mass is 10.0. The molecule has 0 fully saturated rings. The van der Waals surface area contributed by atoms with Crippen LogP contribution in [0.2, 0.25) is 0 Å². The Labute approximate surface area is 75.0 Å². The van der Waals surface area contributed by atoms with Gasteiger partial charge in [-0.3, -0.25) is 4.79 Å². The van der Waals surface area contributed by atoms with Gasteiger partial charge in [-0.1, -0.05) is 0 Å². The summed E-state index contributed by atoms with van der Waals surface area (Å²) in [7, 11) is 0. The van der Waals surface area contributed by atoms with Gasteiger partial charge in [-0.2, -0.15) is 0 Å². The Morgan fingerprint density at radius 3 is 2.69 bits per heavy atom. The number of benzene rings is 1. The summed E-state index contributed by atoms with van der Waals surface area (Å²) in [5.41, 5.74) is 5.39. The molecule has 70 valence electrons. The fourth-order valence-electron chi connectivity index (χ4n) is 1.10. The first-order valence-electron chi connectivity index (χ1n) is 3.79. The standard InChI is InChI=1S/C9H10FNO2/c1-5(12)8-4-6(10)2-3-7(8)9(11)13/h2-5,12H,1H3,(H2,11,13)/t5-/m0/s1. The second-order valence-corrected chi connectivity index (χ2v) is 2.77. The number of hydrogen-bond donors (Lipinski definition) is 2. The Bertz CT molecular complexity index is 336. The minimum absolute atomic E-state index is 0.149. The molecule has 1 aromatic carbocycles. The Balaban J connectivity index is 3.26. The number of aliphatic hydroxyl groups excluding tert-OH is 1. The summed E-state index contributed by atoms with van der Waals surface area (Å²) >= 11 is 0. The number of carbonyl (C=O) groups is 1. The van der Waals surface area contributed by atoms with E-state index in [0.717, 1.165) is 12.1 Å². The molecule has 0 heterocycles. The van der Waals surface area contributed by atoms with Crippen molar-refractivity contribution in [3.63, 3.8) is 0 Å². The molecule has 13 heavy (non-hydrogen) atoms. The van der Waals surface area contributed by atoms with Gasteiger partial charge in [0.25, 0.3) is 0 Å². The van der Waals surface area contributed by atoms with E-state index in [1.807, 2.05) is 0 Å². The molecule has 4 heteroatoms. The van der Waals surface area contributed by atoms with E-state index in [1.54, 1.807) is 0 Å². The molecule has 0 spiro atoms. The topological polar surface area (TPSA) is 63.3 Å². The lowest BCUT2D eigenvalue weighted by Gasteiger charge is -2.08. The Kier molecular flexibility index (Phi) is 2.63. The van der Waals surface area contributed by atoms with Gasteiger partial charge in [0.2, 0.25) is 5.91 Å². The first-order valence-corrected chi connectivity index (χ1v) is 3.79. The smallest absolute Gasteiger partial charge is 0.249 e. The average Bonchev–Trinajstić information content (AvgIpc) is 2.03. The van der Waals surface area contributed by atoms with Crippen molar-refractivity contribution in [2.24, 2.45) is 5.73 Å². The Morgan fingerprint density at radius 1 is 1.62 bits per heavy atom. The van der Waals surface area contributed by atoms with Crippen molar-refractivity contribution in [1.29, 1.82) is 0 Å². The van der Waals surface area contributed by atoms with Gasteiger partial charge in [-0.05, 0) is 30.7 Å². The summed E-state index contributed by atoms with van der Waals surface area (Å²) in [6.45, 7) is 1.45. The number of hydrogen-bond acceptors (Lipinski definition) is 2. The average molecular weight is 183 g/mol. The number of primary amides is 1. The normalized spacial score (nSPS) is 12.5. The molecule has 3 nitrogen and oxygen atoms in total. The van der Waals surface area contributed by atoms with Gasteiger partial charge in [0, 0.05) is 5.56 Å². The molecule has 0 unspecified atom stereocenters. The fourth-order valence-corrected chi connectivity index (χ4v) is 1.10. The van der Waals surface area contributed by atoms with Crippen LogP contribution >= 0.6 is 0 Å². The molecular weight excluding hydrogens is 173 g/mol. The summed E-state index contributed by atoms with van der Waals surface area (Å²) in [5, 5.41) is 9.20. The molecule has 0 aliphatic heterocycles. The first-order chi connectivity index (χ1) is 6.02. The Hall–Kier alpha value is -1.42. The van der Waals surface area contributed by atoms with Gasteiger partial charge in [0.1, 0.15) is 5.82 Å². The summed E-state index contributed by atoms with van der Waals surface area (Å²) in [5.74, 6) is -1.17. The lowest BCUT2D eigenvalue weighted by molar-refractivity contribution is 0.0994. The third-order valence-corrected chi connectivity index (χ3v) is 1.73. The number of aliphatic hydroxyl groups is 1. The maximum atomic E-state index is 12.7. The van der Waals surface area contributed by atoms with Gasteiger partial charge in [0.15, 0.2) is 0 Å². The van der Waals surface area contributed by atoms with Crippen LogP contribution in [0.4, 0.5) is 4.39 Å². The molecule has 0 aliphatic rings. The van der Waals surface area contributed by atoms with E-state index in [4.69, 9.17) is 5.73 Å². The zero-order chi connectivity index (χ0) is 10.0. The Morgan fingerprint density at radius 2 is 2.23 bits per heavy atom. The third kappa shape index (κ3) is 2.03. The number of amides is 1. The van der Waals surface area contributed by atoms with E-state index in [-0.39, 0.29) is 11.1 Å². The highest BCUT2D eigenvalue weighted by molar-refractivity contribution is 5.94.